The van der Waals surface area contributed by atoms with E-state index < -0.39 is 15.0 Å². The van der Waals surface area contributed by atoms with Gasteiger partial charge >= 0.3 is 5.97 Å². The number of ether oxygens (including phenoxy) is 2. The smallest absolute Gasteiger partial charge is 0.338 e. The van der Waals surface area contributed by atoms with E-state index in [2.05, 4.69) is 0 Å². The Bertz CT molecular complexity index is 608. The van der Waals surface area contributed by atoms with Gasteiger partial charge in [-0.05, 0) is 18.2 Å². The lowest BCUT2D eigenvalue weighted by molar-refractivity contribution is -0.0159. The Hall–Kier alpha value is -0.820. The molecule has 5 nitrogen and oxygen atoms in total. The molecule has 0 aromatic heterocycles. The Morgan fingerprint density at radius 3 is 2.50 bits per heavy atom. The fourth-order valence-electron chi connectivity index (χ4n) is 1.83. The molecule has 0 radical (unpaired) electrons. The minimum Gasteiger partial charge on any atom is -0.459 e. The van der Waals surface area contributed by atoms with Gasteiger partial charge in [0.05, 0.1) is 23.7 Å². The van der Waals surface area contributed by atoms with Gasteiger partial charge in [-0.1, -0.05) is 11.6 Å². The maximum absolute atomic E-state index is 12.0. The van der Waals surface area contributed by atoms with Gasteiger partial charge in [0.15, 0.2) is 0 Å². The number of carbonyl (C=O) groups excluding carboxylic acids is 1. The molecule has 1 aromatic rings. The summed E-state index contributed by atoms with van der Waals surface area (Å²) in [6.07, 6.45) is 1.01. The highest BCUT2D eigenvalue weighted by Gasteiger charge is 2.21. The van der Waals surface area contributed by atoms with E-state index >= 15 is 0 Å². The van der Waals surface area contributed by atoms with Crippen molar-refractivity contribution in [2.75, 3.05) is 13.2 Å². The number of rotatable bonds is 3. The lowest BCUT2D eigenvalue weighted by atomic mass is 10.1. The van der Waals surface area contributed by atoms with E-state index in [0.717, 1.165) is 6.07 Å². The molecule has 0 atom stereocenters. The highest BCUT2D eigenvalue weighted by atomic mass is 35.7. The van der Waals surface area contributed by atoms with Crippen LogP contribution in [0.2, 0.25) is 5.02 Å². The van der Waals surface area contributed by atoms with Crippen LogP contribution in [-0.2, 0) is 18.5 Å². The van der Waals surface area contributed by atoms with E-state index in [9.17, 15) is 13.2 Å². The maximum Gasteiger partial charge on any atom is 0.338 e. The highest BCUT2D eigenvalue weighted by Crippen LogP contribution is 2.23. The van der Waals surface area contributed by atoms with Gasteiger partial charge in [-0.2, -0.15) is 0 Å². The zero-order valence-corrected chi connectivity index (χ0v) is 12.7. The van der Waals surface area contributed by atoms with Gasteiger partial charge in [0.25, 0.3) is 9.05 Å². The van der Waals surface area contributed by atoms with Gasteiger partial charge in [-0.25, -0.2) is 13.2 Å². The van der Waals surface area contributed by atoms with Crippen LogP contribution in [0, 0.1) is 0 Å². The summed E-state index contributed by atoms with van der Waals surface area (Å²) in [5, 5.41) is 0.102. The lowest BCUT2D eigenvalue weighted by Crippen LogP contribution is -2.26. The van der Waals surface area contributed by atoms with Gasteiger partial charge in [-0.3, -0.25) is 0 Å². The second-order valence-corrected chi connectivity index (χ2v) is 7.33. The number of benzene rings is 1. The molecule has 1 fully saturated rings. The molecule has 0 aliphatic carbocycles. The molecule has 0 spiro atoms. The lowest BCUT2D eigenvalue weighted by Gasteiger charge is -2.22. The monoisotopic (exact) mass is 338 g/mol. The van der Waals surface area contributed by atoms with Crippen molar-refractivity contribution >= 4 is 37.3 Å². The summed E-state index contributed by atoms with van der Waals surface area (Å²) in [6.45, 7) is 1.07. The van der Waals surface area contributed by atoms with E-state index in [1.165, 1.54) is 12.1 Å². The molecule has 0 unspecified atom stereocenters. The first-order chi connectivity index (χ1) is 9.36. The summed E-state index contributed by atoms with van der Waals surface area (Å²) in [4.78, 5) is 11.8. The molecule has 1 aromatic carbocycles. The fraction of sp³-hybridized carbons (Fsp3) is 0.417. The minimum absolute atomic E-state index is 0.0585. The van der Waals surface area contributed by atoms with Crippen molar-refractivity contribution in [1.29, 1.82) is 0 Å². The summed E-state index contributed by atoms with van der Waals surface area (Å²) in [6, 6.07) is 3.67. The van der Waals surface area contributed by atoms with Crippen LogP contribution in [0.3, 0.4) is 0 Å². The Balaban J connectivity index is 2.19. The molecule has 8 heteroatoms. The van der Waals surface area contributed by atoms with Crippen molar-refractivity contribution in [3.8, 4) is 0 Å². The number of hydrogen-bond donors (Lipinski definition) is 0. The molecule has 0 saturated carbocycles. The Morgan fingerprint density at radius 2 is 1.90 bits per heavy atom. The van der Waals surface area contributed by atoms with Crippen LogP contribution >= 0.6 is 22.3 Å². The first-order valence-electron chi connectivity index (χ1n) is 5.90. The summed E-state index contributed by atoms with van der Waals surface area (Å²) in [7, 11) is 1.29. The van der Waals surface area contributed by atoms with E-state index in [0.29, 0.717) is 26.1 Å². The van der Waals surface area contributed by atoms with Crippen molar-refractivity contribution in [2.24, 2.45) is 0 Å². The van der Waals surface area contributed by atoms with Crippen LogP contribution in [0.4, 0.5) is 0 Å². The molecule has 1 heterocycles. The maximum atomic E-state index is 12.0. The van der Waals surface area contributed by atoms with Crippen molar-refractivity contribution in [2.45, 2.75) is 23.8 Å². The molecule has 0 bridgehead atoms. The molecule has 0 N–H and O–H groups in total. The van der Waals surface area contributed by atoms with E-state index in [1.54, 1.807) is 0 Å². The molecule has 110 valence electrons. The second-order valence-electron chi connectivity index (χ2n) is 4.33. The molecular weight excluding hydrogens is 327 g/mol. The molecule has 1 aliphatic rings. The highest BCUT2D eigenvalue weighted by molar-refractivity contribution is 8.13. The largest absolute Gasteiger partial charge is 0.459 e. The van der Waals surface area contributed by atoms with E-state index in [1.807, 2.05) is 0 Å². The van der Waals surface area contributed by atoms with Gasteiger partial charge in [0.2, 0.25) is 0 Å². The predicted molar refractivity (Wildman–Crippen MR) is 73.7 cm³/mol. The van der Waals surface area contributed by atoms with Crippen LogP contribution in [0.25, 0.3) is 0 Å². The third kappa shape index (κ3) is 4.09. The van der Waals surface area contributed by atoms with Crippen LogP contribution in [0.5, 0.6) is 0 Å². The number of halogens is 2. The van der Waals surface area contributed by atoms with Gasteiger partial charge in [0, 0.05) is 28.5 Å². The van der Waals surface area contributed by atoms with E-state index in [-0.39, 0.29) is 21.6 Å². The summed E-state index contributed by atoms with van der Waals surface area (Å²) in [5.41, 5.74) is 0.0585. The minimum atomic E-state index is -3.95. The molecule has 1 saturated heterocycles. The van der Waals surface area contributed by atoms with Crippen molar-refractivity contribution in [3.63, 3.8) is 0 Å². The average Bonchev–Trinajstić information content (AvgIpc) is 2.38. The topological polar surface area (TPSA) is 69.7 Å². The first kappa shape index (κ1) is 15.6. The van der Waals surface area contributed by atoms with Gasteiger partial charge in [-0.15, -0.1) is 0 Å². The average molecular weight is 339 g/mol. The molecule has 1 aliphatic heterocycles. The molecule has 0 amide bonds. The molecule has 20 heavy (non-hydrogen) atoms. The van der Waals surface area contributed by atoms with Crippen LogP contribution < -0.4 is 0 Å². The third-order valence-corrected chi connectivity index (χ3v) is 4.38. The molecular formula is C12H12Cl2O5S. The predicted octanol–water partition coefficient (Wildman–Crippen LogP) is 2.60. The van der Waals surface area contributed by atoms with Gasteiger partial charge in [0.1, 0.15) is 6.10 Å². The fourth-order valence-corrected chi connectivity index (χ4v) is 2.94. The summed E-state index contributed by atoms with van der Waals surface area (Å²) < 4.78 is 33.0. The quantitative estimate of drug-likeness (QED) is 0.625. The van der Waals surface area contributed by atoms with Crippen molar-refractivity contribution in [1.82, 2.24) is 0 Å². The number of esters is 1. The zero-order valence-electron chi connectivity index (χ0n) is 10.3. The Labute approximate surface area is 126 Å². The van der Waals surface area contributed by atoms with Crippen molar-refractivity contribution in [3.05, 3.63) is 28.8 Å². The zero-order chi connectivity index (χ0) is 14.8. The number of hydrogen-bond acceptors (Lipinski definition) is 5. The third-order valence-electron chi connectivity index (χ3n) is 2.83. The first-order valence-corrected chi connectivity index (χ1v) is 8.59. The van der Waals surface area contributed by atoms with Crippen LogP contribution in [0.15, 0.2) is 23.1 Å². The van der Waals surface area contributed by atoms with Crippen LogP contribution in [-0.4, -0.2) is 33.7 Å². The van der Waals surface area contributed by atoms with Gasteiger partial charge < -0.3 is 9.47 Å². The van der Waals surface area contributed by atoms with Crippen molar-refractivity contribution < 1.29 is 22.7 Å². The summed E-state index contributed by atoms with van der Waals surface area (Å²) >= 11 is 5.79. The number of carbonyl (C=O) groups is 1. The molecule has 2 rings (SSSR count). The Kier molecular flexibility index (Phi) is 4.90. The normalized spacial score (nSPS) is 16.9. The second kappa shape index (κ2) is 6.30. The SMILES string of the molecule is O=C(OC1CCOCC1)c1cc(Cl)cc(S(=O)(=O)Cl)c1. The standard InChI is InChI=1S/C12H12Cl2O5S/c13-9-5-8(6-11(7-9)20(14,16)17)12(15)19-10-1-3-18-4-2-10/h5-7,10H,1-4H2. The van der Waals surface area contributed by atoms with E-state index in [4.69, 9.17) is 31.8 Å². The van der Waals surface area contributed by atoms with Crippen LogP contribution in [0.1, 0.15) is 23.2 Å². The summed E-state index contributed by atoms with van der Waals surface area (Å²) in [5.74, 6) is -0.624. The Morgan fingerprint density at radius 1 is 1.25 bits per heavy atom.